The number of amides is 1. The van der Waals surface area contributed by atoms with Gasteiger partial charge in [0.1, 0.15) is 5.82 Å². The van der Waals surface area contributed by atoms with Gasteiger partial charge in [-0.25, -0.2) is 4.98 Å². The van der Waals surface area contributed by atoms with Crippen LogP contribution in [0.1, 0.15) is 23.7 Å². The standard InChI is InChI=1S/C23H28N6O/c1-2-27(14-17-6-4-3-5-7-17)23(30)18-15-28(16-18)22-19-8-11-24-12-9-20(19)26-21-10-13-25-29(21)22/h3-7,10,13,18,24H,2,8-9,11-12,14-16H2,1H3. The first-order chi connectivity index (χ1) is 14.7. The predicted molar refractivity (Wildman–Crippen MR) is 117 cm³/mol. The summed E-state index contributed by atoms with van der Waals surface area (Å²) in [7, 11) is 0. The molecule has 2 aliphatic heterocycles. The highest BCUT2D eigenvalue weighted by molar-refractivity contribution is 5.82. The normalized spacial score (nSPS) is 16.8. The van der Waals surface area contributed by atoms with Gasteiger partial charge < -0.3 is 15.1 Å². The zero-order chi connectivity index (χ0) is 20.5. The van der Waals surface area contributed by atoms with Gasteiger partial charge in [0, 0.05) is 50.8 Å². The minimum atomic E-state index is 0.0343. The highest BCUT2D eigenvalue weighted by atomic mass is 16.2. The van der Waals surface area contributed by atoms with Crippen LogP contribution in [0.15, 0.2) is 42.6 Å². The number of rotatable bonds is 5. The van der Waals surface area contributed by atoms with Crippen molar-refractivity contribution in [3.63, 3.8) is 0 Å². The largest absolute Gasteiger partial charge is 0.354 e. The zero-order valence-electron chi connectivity index (χ0n) is 17.4. The second-order valence-electron chi connectivity index (χ2n) is 8.15. The Morgan fingerprint density at radius 3 is 2.77 bits per heavy atom. The molecule has 3 aromatic rings. The summed E-state index contributed by atoms with van der Waals surface area (Å²) in [4.78, 5) is 22.3. The van der Waals surface area contributed by atoms with E-state index in [9.17, 15) is 4.79 Å². The first-order valence-electron chi connectivity index (χ1n) is 10.9. The monoisotopic (exact) mass is 404 g/mol. The average molecular weight is 405 g/mol. The maximum absolute atomic E-state index is 13.1. The number of anilines is 1. The summed E-state index contributed by atoms with van der Waals surface area (Å²) in [6.07, 6.45) is 3.68. The fourth-order valence-corrected chi connectivity index (χ4v) is 4.56. The Labute approximate surface area is 176 Å². The molecule has 1 amide bonds. The van der Waals surface area contributed by atoms with Gasteiger partial charge in [0.05, 0.1) is 17.8 Å². The van der Waals surface area contributed by atoms with Crippen molar-refractivity contribution in [2.75, 3.05) is 37.6 Å². The molecule has 0 spiro atoms. The summed E-state index contributed by atoms with van der Waals surface area (Å²) in [5.41, 5.74) is 4.50. The Morgan fingerprint density at radius 2 is 1.97 bits per heavy atom. The lowest BCUT2D eigenvalue weighted by Crippen LogP contribution is -2.55. The molecule has 7 heteroatoms. The SMILES string of the molecule is CCN(Cc1ccccc1)C(=O)C1CN(c2c3c(nc4ccnn24)CCNCC3)C1. The fraction of sp³-hybridized carbons (Fsp3) is 0.435. The Morgan fingerprint density at radius 1 is 1.17 bits per heavy atom. The molecule has 30 heavy (non-hydrogen) atoms. The van der Waals surface area contributed by atoms with E-state index in [1.165, 1.54) is 11.1 Å². The van der Waals surface area contributed by atoms with E-state index in [0.29, 0.717) is 6.54 Å². The van der Waals surface area contributed by atoms with Crippen LogP contribution in [0, 0.1) is 5.92 Å². The molecule has 1 saturated heterocycles. The molecule has 0 bridgehead atoms. The number of aromatic nitrogens is 3. The first-order valence-corrected chi connectivity index (χ1v) is 10.9. The van der Waals surface area contributed by atoms with E-state index in [1.54, 1.807) is 0 Å². The van der Waals surface area contributed by atoms with Crippen LogP contribution in [0.25, 0.3) is 5.65 Å². The van der Waals surface area contributed by atoms with Gasteiger partial charge in [-0.15, -0.1) is 0 Å². The molecule has 0 aliphatic carbocycles. The van der Waals surface area contributed by atoms with Crippen molar-refractivity contribution >= 4 is 17.4 Å². The molecule has 156 valence electrons. The summed E-state index contributed by atoms with van der Waals surface area (Å²) in [6.45, 7) is 6.84. The molecular weight excluding hydrogens is 376 g/mol. The number of carbonyl (C=O) groups excluding carboxylic acids is 1. The van der Waals surface area contributed by atoms with Gasteiger partial charge >= 0.3 is 0 Å². The summed E-state index contributed by atoms with van der Waals surface area (Å²) in [5.74, 6) is 1.40. The van der Waals surface area contributed by atoms with E-state index in [1.807, 2.05) is 39.9 Å². The quantitative estimate of drug-likeness (QED) is 0.704. The van der Waals surface area contributed by atoms with Crippen molar-refractivity contribution in [3.05, 3.63) is 59.4 Å². The molecule has 0 atom stereocenters. The van der Waals surface area contributed by atoms with E-state index < -0.39 is 0 Å². The third-order valence-corrected chi connectivity index (χ3v) is 6.22. The van der Waals surface area contributed by atoms with E-state index in [0.717, 1.165) is 62.7 Å². The minimum Gasteiger partial charge on any atom is -0.354 e. The summed E-state index contributed by atoms with van der Waals surface area (Å²) in [6, 6.07) is 12.2. The lowest BCUT2D eigenvalue weighted by atomic mass is 9.96. The van der Waals surface area contributed by atoms with Crippen LogP contribution in [0.2, 0.25) is 0 Å². The molecule has 0 radical (unpaired) electrons. The van der Waals surface area contributed by atoms with Gasteiger partial charge in [0.2, 0.25) is 5.91 Å². The molecule has 1 aromatic carbocycles. The molecule has 5 rings (SSSR count). The van der Waals surface area contributed by atoms with Crippen LogP contribution in [-0.4, -0.2) is 58.1 Å². The smallest absolute Gasteiger partial charge is 0.229 e. The predicted octanol–water partition coefficient (Wildman–Crippen LogP) is 1.90. The van der Waals surface area contributed by atoms with Crippen molar-refractivity contribution in [2.24, 2.45) is 5.92 Å². The maximum atomic E-state index is 13.1. The van der Waals surface area contributed by atoms with Crippen LogP contribution in [0.3, 0.4) is 0 Å². The van der Waals surface area contributed by atoms with Crippen LogP contribution in [0.5, 0.6) is 0 Å². The number of benzene rings is 1. The second kappa shape index (κ2) is 8.07. The van der Waals surface area contributed by atoms with Crippen molar-refractivity contribution in [2.45, 2.75) is 26.3 Å². The molecule has 7 nitrogen and oxygen atoms in total. The number of carbonyl (C=O) groups is 1. The van der Waals surface area contributed by atoms with Crippen molar-refractivity contribution in [1.29, 1.82) is 0 Å². The third kappa shape index (κ3) is 3.43. The van der Waals surface area contributed by atoms with Gasteiger partial charge in [-0.05, 0) is 25.5 Å². The average Bonchev–Trinajstić information content (AvgIpc) is 3.07. The first kappa shape index (κ1) is 19.1. The Bertz CT molecular complexity index is 1040. The van der Waals surface area contributed by atoms with E-state index in [-0.39, 0.29) is 11.8 Å². The lowest BCUT2D eigenvalue weighted by Gasteiger charge is -2.42. The van der Waals surface area contributed by atoms with Crippen LogP contribution >= 0.6 is 0 Å². The minimum absolute atomic E-state index is 0.0343. The highest BCUT2D eigenvalue weighted by Gasteiger charge is 2.38. The fourth-order valence-electron chi connectivity index (χ4n) is 4.56. The van der Waals surface area contributed by atoms with Crippen LogP contribution in [-0.2, 0) is 24.2 Å². The molecule has 2 aliphatic rings. The lowest BCUT2D eigenvalue weighted by molar-refractivity contribution is -0.136. The summed E-state index contributed by atoms with van der Waals surface area (Å²) in [5, 5.41) is 8.00. The summed E-state index contributed by atoms with van der Waals surface area (Å²) < 4.78 is 1.95. The maximum Gasteiger partial charge on any atom is 0.229 e. The van der Waals surface area contributed by atoms with Crippen LogP contribution in [0.4, 0.5) is 5.82 Å². The van der Waals surface area contributed by atoms with E-state index >= 15 is 0 Å². The number of hydrogen-bond donors (Lipinski definition) is 1. The number of nitrogens with one attached hydrogen (secondary N) is 1. The Hall–Kier alpha value is -2.93. The topological polar surface area (TPSA) is 65.8 Å². The van der Waals surface area contributed by atoms with Crippen molar-refractivity contribution in [3.8, 4) is 0 Å². The summed E-state index contributed by atoms with van der Waals surface area (Å²) >= 11 is 0. The van der Waals surface area contributed by atoms with Crippen LogP contribution < -0.4 is 10.2 Å². The Balaban J connectivity index is 1.35. The molecule has 0 saturated carbocycles. The molecule has 1 N–H and O–H groups in total. The zero-order valence-corrected chi connectivity index (χ0v) is 17.4. The second-order valence-corrected chi connectivity index (χ2v) is 8.15. The third-order valence-electron chi connectivity index (χ3n) is 6.22. The number of hydrogen-bond acceptors (Lipinski definition) is 5. The van der Waals surface area contributed by atoms with Gasteiger partial charge in [-0.3, -0.25) is 4.79 Å². The van der Waals surface area contributed by atoms with Gasteiger partial charge in [-0.2, -0.15) is 9.61 Å². The molecule has 4 heterocycles. The molecule has 1 fully saturated rings. The Kier molecular flexibility index (Phi) is 5.12. The molecule has 0 unspecified atom stereocenters. The van der Waals surface area contributed by atoms with Crippen molar-refractivity contribution in [1.82, 2.24) is 24.8 Å². The van der Waals surface area contributed by atoms with E-state index in [4.69, 9.17) is 4.98 Å². The van der Waals surface area contributed by atoms with Gasteiger partial charge in [0.25, 0.3) is 0 Å². The van der Waals surface area contributed by atoms with E-state index in [2.05, 4.69) is 34.4 Å². The van der Waals surface area contributed by atoms with Gasteiger partial charge in [-0.1, -0.05) is 30.3 Å². The van der Waals surface area contributed by atoms with Gasteiger partial charge in [0.15, 0.2) is 5.65 Å². The highest BCUT2D eigenvalue weighted by Crippen LogP contribution is 2.32. The molecule has 2 aromatic heterocycles. The van der Waals surface area contributed by atoms with Crippen molar-refractivity contribution < 1.29 is 4.79 Å². The molecular formula is C23H28N6O. The number of nitrogens with zero attached hydrogens (tertiary/aromatic N) is 5. The number of fused-ring (bicyclic) bond motifs is 2.